The third-order valence-electron chi connectivity index (χ3n) is 4.38. The van der Waals surface area contributed by atoms with Gasteiger partial charge >= 0.3 is 5.97 Å². The number of carboxylic acid groups (broad SMARTS) is 1. The highest BCUT2D eigenvalue weighted by molar-refractivity contribution is 5.92. The molecule has 3 rings (SSSR count). The highest BCUT2D eigenvalue weighted by atomic mass is 16.4. The first-order valence-corrected chi connectivity index (χ1v) is 8.30. The third-order valence-corrected chi connectivity index (χ3v) is 4.38. The summed E-state index contributed by atoms with van der Waals surface area (Å²) in [6.45, 7) is 4.89. The largest absolute Gasteiger partial charge is 0.481 e. The molecule has 1 aliphatic heterocycles. The minimum absolute atomic E-state index is 0.0588. The van der Waals surface area contributed by atoms with Crippen LogP contribution in [0.1, 0.15) is 52.2 Å². The van der Waals surface area contributed by atoms with Crippen molar-refractivity contribution < 1.29 is 14.7 Å². The second kappa shape index (κ2) is 7.00. The second-order valence-corrected chi connectivity index (χ2v) is 6.40. The summed E-state index contributed by atoms with van der Waals surface area (Å²) < 4.78 is 0. The van der Waals surface area contributed by atoms with E-state index >= 15 is 0 Å². The molecule has 0 radical (unpaired) electrons. The van der Waals surface area contributed by atoms with Crippen molar-refractivity contribution in [2.24, 2.45) is 0 Å². The lowest BCUT2D eigenvalue weighted by Gasteiger charge is -2.31. The van der Waals surface area contributed by atoms with Gasteiger partial charge in [-0.3, -0.25) is 14.7 Å². The van der Waals surface area contributed by atoms with Crippen molar-refractivity contribution in [3.8, 4) is 0 Å². The number of carbonyl (C=O) groups is 2. The number of hydrogen-bond acceptors (Lipinski definition) is 5. The molecule has 0 spiro atoms. The summed E-state index contributed by atoms with van der Waals surface area (Å²) in [6, 6.07) is 3.53. The Labute approximate surface area is 145 Å². The molecule has 0 atom stereocenters. The van der Waals surface area contributed by atoms with E-state index in [-0.39, 0.29) is 18.2 Å². The standard InChI is InChI=1S/C17H21N5O3/c1-10-7-15(19-11(2)18-10)17(25)22-5-3-12(4-6-22)14-8-13(20-21-14)9-16(23)24/h7-8,12H,3-6,9H2,1-2H3,(H,20,21)(H,23,24). The molecule has 3 heterocycles. The first-order valence-electron chi connectivity index (χ1n) is 8.30. The van der Waals surface area contributed by atoms with E-state index in [1.54, 1.807) is 13.0 Å². The summed E-state index contributed by atoms with van der Waals surface area (Å²) in [4.78, 5) is 33.6. The van der Waals surface area contributed by atoms with Gasteiger partial charge in [0.1, 0.15) is 11.5 Å². The van der Waals surface area contributed by atoms with E-state index in [1.165, 1.54) is 0 Å². The SMILES string of the molecule is Cc1cc(C(=O)N2CCC(c3cc(CC(=O)O)[nH]n3)CC2)nc(C)n1. The molecule has 1 fully saturated rings. The zero-order chi connectivity index (χ0) is 18.0. The maximum Gasteiger partial charge on any atom is 0.309 e. The molecule has 2 N–H and O–H groups in total. The minimum Gasteiger partial charge on any atom is -0.481 e. The van der Waals surface area contributed by atoms with E-state index in [0.717, 1.165) is 24.2 Å². The summed E-state index contributed by atoms with van der Waals surface area (Å²) in [5, 5.41) is 15.8. The molecule has 8 nitrogen and oxygen atoms in total. The molecular weight excluding hydrogens is 322 g/mol. The molecule has 0 aliphatic carbocycles. The van der Waals surface area contributed by atoms with Crippen LogP contribution < -0.4 is 0 Å². The minimum atomic E-state index is -0.883. The second-order valence-electron chi connectivity index (χ2n) is 6.40. The van der Waals surface area contributed by atoms with Crippen molar-refractivity contribution in [2.75, 3.05) is 13.1 Å². The molecular formula is C17H21N5O3. The van der Waals surface area contributed by atoms with Crippen LogP contribution in [0.25, 0.3) is 0 Å². The molecule has 1 saturated heterocycles. The lowest BCUT2D eigenvalue weighted by molar-refractivity contribution is -0.136. The number of rotatable bonds is 4. The summed E-state index contributed by atoms with van der Waals surface area (Å²) >= 11 is 0. The van der Waals surface area contributed by atoms with Crippen LogP contribution in [0.2, 0.25) is 0 Å². The molecule has 8 heteroatoms. The molecule has 0 saturated carbocycles. The van der Waals surface area contributed by atoms with Gasteiger partial charge in [-0.1, -0.05) is 0 Å². The first-order chi connectivity index (χ1) is 11.9. The Morgan fingerprint density at radius 2 is 1.96 bits per heavy atom. The van der Waals surface area contributed by atoms with Crippen molar-refractivity contribution in [1.29, 1.82) is 0 Å². The van der Waals surface area contributed by atoms with Gasteiger partial charge in [-0.2, -0.15) is 5.10 Å². The van der Waals surface area contributed by atoms with E-state index < -0.39 is 5.97 Å². The topological polar surface area (TPSA) is 112 Å². The molecule has 0 bridgehead atoms. The zero-order valence-electron chi connectivity index (χ0n) is 14.3. The van der Waals surface area contributed by atoms with Crippen LogP contribution >= 0.6 is 0 Å². The van der Waals surface area contributed by atoms with E-state index in [2.05, 4.69) is 20.2 Å². The van der Waals surface area contributed by atoms with Crippen LogP contribution in [-0.2, 0) is 11.2 Å². The highest BCUT2D eigenvalue weighted by Crippen LogP contribution is 2.27. The maximum atomic E-state index is 12.6. The number of nitrogens with one attached hydrogen (secondary N) is 1. The Morgan fingerprint density at radius 1 is 1.24 bits per heavy atom. The fourth-order valence-corrected chi connectivity index (χ4v) is 3.21. The van der Waals surface area contributed by atoms with Crippen LogP contribution in [0.3, 0.4) is 0 Å². The van der Waals surface area contributed by atoms with Crippen molar-refractivity contribution in [3.05, 3.63) is 40.7 Å². The fraction of sp³-hybridized carbons (Fsp3) is 0.471. The number of nitrogens with zero attached hydrogens (tertiary/aromatic N) is 4. The predicted molar refractivity (Wildman–Crippen MR) is 89.3 cm³/mol. The van der Waals surface area contributed by atoms with Gasteiger partial charge in [0.25, 0.3) is 5.91 Å². The highest BCUT2D eigenvalue weighted by Gasteiger charge is 2.27. The summed E-state index contributed by atoms with van der Waals surface area (Å²) in [5.41, 5.74) is 2.70. The van der Waals surface area contributed by atoms with Gasteiger partial charge in [0.15, 0.2) is 0 Å². The van der Waals surface area contributed by atoms with Crippen LogP contribution in [-0.4, -0.2) is 55.1 Å². The molecule has 2 aromatic rings. The number of amides is 1. The summed E-state index contributed by atoms with van der Waals surface area (Å²) in [6.07, 6.45) is 1.54. The van der Waals surface area contributed by atoms with E-state index in [0.29, 0.717) is 30.3 Å². The quantitative estimate of drug-likeness (QED) is 0.869. The summed E-state index contributed by atoms with van der Waals surface area (Å²) in [5.74, 6) is -0.121. The van der Waals surface area contributed by atoms with Crippen LogP contribution in [0.4, 0.5) is 0 Å². The van der Waals surface area contributed by atoms with E-state index in [4.69, 9.17) is 5.11 Å². The Bertz CT molecular complexity index is 773. The van der Waals surface area contributed by atoms with Crippen molar-refractivity contribution in [3.63, 3.8) is 0 Å². The number of aryl methyl sites for hydroxylation is 2. The molecule has 1 amide bonds. The van der Waals surface area contributed by atoms with Crippen LogP contribution in [0.5, 0.6) is 0 Å². The number of aromatic nitrogens is 4. The number of H-pyrrole nitrogens is 1. The third kappa shape index (κ3) is 4.01. The monoisotopic (exact) mass is 343 g/mol. The van der Waals surface area contributed by atoms with Gasteiger partial charge < -0.3 is 10.0 Å². The average molecular weight is 343 g/mol. The first kappa shape index (κ1) is 17.1. The van der Waals surface area contributed by atoms with Crippen molar-refractivity contribution >= 4 is 11.9 Å². The fourth-order valence-electron chi connectivity index (χ4n) is 3.21. The number of hydrogen-bond donors (Lipinski definition) is 2. The van der Waals surface area contributed by atoms with Crippen LogP contribution in [0.15, 0.2) is 12.1 Å². The Morgan fingerprint density at radius 3 is 2.60 bits per heavy atom. The predicted octanol–water partition coefficient (Wildman–Crippen LogP) is 1.46. The van der Waals surface area contributed by atoms with Crippen molar-refractivity contribution in [2.45, 2.75) is 39.0 Å². The number of aliphatic carboxylic acids is 1. The van der Waals surface area contributed by atoms with E-state index in [1.807, 2.05) is 17.9 Å². The van der Waals surface area contributed by atoms with Crippen molar-refractivity contribution in [1.82, 2.24) is 25.1 Å². The molecule has 2 aromatic heterocycles. The average Bonchev–Trinajstić information content (AvgIpc) is 3.01. The van der Waals surface area contributed by atoms with Gasteiger partial charge in [-0.15, -0.1) is 0 Å². The molecule has 132 valence electrons. The van der Waals surface area contributed by atoms with Crippen LogP contribution in [0, 0.1) is 13.8 Å². The molecule has 25 heavy (non-hydrogen) atoms. The number of carboxylic acids is 1. The number of likely N-dealkylation sites (tertiary alicyclic amines) is 1. The van der Waals surface area contributed by atoms with E-state index in [9.17, 15) is 9.59 Å². The van der Waals surface area contributed by atoms with Gasteiger partial charge in [0.2, 0.25) is 0 Å². The lowest BCUT2D eigenvalue weighted by Crippen LogP contribution is -2.38. The normalized spacial score (nSPS) is 15.4. The zero-order valence-corrected chi connectivity index (χ0v) is 14.3. The molecule has 0 aromatic carbocycles. The number of carbonyl (C=O) groups excluding carboxylic acids is 1. The van der Waals surface area contributed by atoms with Gasteiger partial charge in [-0.05, 0) is 38.8 Å². The maximum absolute atomic E-state index is 12.6. The summed E-state index contributed by atoms with van der Waals surface area (Å²) in [7, 11) is 0. The molecule has 0 unspecified atom stereocenters. The number of aromatic amines is 1. The molecule has 1 aliphatic rings. The van der Waals surface area contributed by atoms with Gasteiger partial charge in [0.05, 0.1) is 12.1 Å². The number of piperidine rings is 1. The van der Waals surface area contributed by atoms with Gasteiger partial charge in [0, 0.05) is 30.4 Å². The lowest BCUT2D eigenvalue weighted by atomic mass is 9.93. The smallest absolute Gasteiger partial charge is 0.309 e. The Balaban J connectivity index is 1.62. The Hall–Kier alpha value is -2.77. The van der Waals surface area contributed by atoms with Gasteiger partial charge in [-0.25, -0.2) is 9.97 Å². The Kier molecular flexibility index (Phi) is 4.78.